The predicted molar refractivity (Wildman–Crippen MR) is 68.5 cm³/mol. The lowest BCUT2D eigenvalue weighted by molar-refractivity contribution is 0.111. The van der Waals surface area contributed by atoms with Gasteiger partial charge in [-0.2, -0.15) is 0 Å². The molecule has 0 unspecified atom stereocenters. The highest BCUT2D eigenvalue weighted by atomic mass is 16.5. The van der Waals surface area contributed by atoms with Crippen molar-refractivity contribution in [2.24, 2.45) is 0 Å². The molecule has 2 rings (SSSR count). The standard InChI is InChI=1S/C15H14O3/c16-9-13-7-4-8-14(10-17)15(13)18-11-12-5-2-1-3-6-12/h1-9,17H,10-11H2. The minimum atomic E-state index is -0.147. The van der Waals surface area contributed by atoms with E-state index in [1.807, 2.05) is 30.3 Å². The molecule has 0 atom stereocenters. The highest BCUT2D eigenvalue weighted by Crippen LogP contribution is 2.23. The lowest BCUT2D eigenvalue weighted by Gasteiger charge is -2.12. The molecule has 0 amide bonds. The molecule has 0 saturated heterocycles. The summed E-state index contributed by atoms with van der Waals surface area (Å²) in [6.45, 7) is 0.227. The van der Waals surface area contributed by atoms with Crippen LogP contribution in [0.4, 0.5) is 0 Å². The van der Waals surface area contributed by atoms with E-state index in [-0.39, 0.29) is 6.61 Å². The van der Waals surface area contributed by atoms with Crippen molar-refractivity contribution in [3.63, 3.8) is 0 Å². The summed E-state index contributed by atoms with van der Waals surface area (Å²) in [5.41, 5.74) is 2.09. The van der Waals surface area contributed by atoms with Gasteiger partial charge in [-0.3, -0.25) is 4.79 Å². The average Bonchev–Trinajstić information content (AvgIpc) is 2.45. The van der Waals surface area contributed by atoms with E-state index in [2.05, 4.69) is 0 Å². The van der Waals surface area contributed by atoms with E-state index < -0.39 is 0 Å². The first-order valence-corrected chi connectivity index (χ1v) is 5.70. The Hall–Kier alpha value is -2.13. The van der Waals surface area contributed by atoms with Gasteiger partial charge in [0.25, 0.3) is 0 Å². The van der Waals surface area contributed by atoms with Crippen LogP contribution in [0.3, 0.4) is 0 Å². The summed E-state index contributed by atoms with van der Waals surface area (Å²) in [6.07, 6.45) is 0.736. The van der Waals surface area contributed by atoms with E-state index in [4.69, 9.17) is 4.74 Å². The van der Waals surface area contributed by atoms with Crippen molar-refractivity contribution in [1.82, 2.24) is 0 Å². The molecule has 0 aliphatic heterocycles. The molecule has 3 nitrogen and oxygen atoms in total. The Balaban J connectivity index is 2.20. The monoisotopic (exact) mass is 242 g/mol. The minimum Gasteiger partial charge on any atom is -0.488 e. The summed E-state index contributed by atoms with van der Waals surface area (Å²) in [6, 6.07) is 14.8. The van der Waals surface area contributed by atoms with Gasteiger partial charge in [-0.1, -0.05) is 42.5 Å². The second-order valence-electron chi connectivity index (χ2n) is 3.89. The number of hydrogen-bond donors (Lipinski definition) is 1. The van der Waals surface area contributed by atoms with Crippen LogP contribution in [-0.4, -0.2) is 11.4 Å². The molecule has 2 aromatic carbocycles. The molecule has 0 aliphatic rings. The maximum absolute atomic E-state index is 10.9. The number of carbonyl (C=O) groups excluding carboxylic acids is 1. The number of rotatable bonds is 5. The Morgan fingerprint density at radius 1 is 1.06 bits per heavy atom. The number of aliphatic hydroxyl groups excluding tert-OH is 1. The first kappa shape index (κ1) is 12.3. The normalized spacial score (nSPS) is 10.1. The Labute approximate surface area is 106 Å². The lowest BCUT2D eigenvalue weighted by atomic mass is 10.1. The third-order valence-corrected chi connectivity index (χ3v) is 2.65. The average molecular weight is 242 g/mol. The van der Waals surface area contributed by atoms with Gasteiger partial charge in [0.05, 0.1) is 12.2 Å². The first-order chi connectivity index (χ1) is 8.85. The smallest absolute Gasteiger partial charge is 0.153 e. The van der Waals surface area contributed by atoms with E-state index in [9.17, 15) is 9.90 Å². The van der Waals surface area contributed by atoms with Crippen LogP contribution in [0.25, 0.3) is 0 Å². The topological polar surface area (TPSA) is 46.5 Å². The number of para-hydroxylation sites is 1. The SMILES string of the molecule is O=Cc1cccc(CO)c1OCc1ccccc1. The van der Waals surface area contributed by atoms with E-state index in [1.165, 1.54) is 0 Å². The Morgan fingerprint density at radius 2 is 1.83 bits per heavy atom. The molecular formula is C15H14O3. The van der Waals surface area contributed by atoms with Crippen LogP contribution in [0.1, 0.15) is 21.5 Å². The van der Waals surface area contributed by atoms with Crippen LogP contribution in [0.15, 0.2) is 48.5 Å². The fourth-order valence-corrected chi connectivity index (χ4v) is 1.73. The van der Waals surface area contributed by atoms with Crippen molar-refractivity contribution in [3.8, 4) is 5.75 Å². The van der Waals surface area contributed by atoms with Gasteiger partial charge in [0.1, 0.15) is 12.4 Å². The molecule has 18 heavy (non-hydrogen) atoms. The molecule has 0 aromatic heterocycles. The zero-order valence-corrected chi connectivity index (χ0v) is 9.87. The number of hydrogen-bond acceptors (Lipinski definition) is 3. The first-order valence-electron chi connectivity index (χ1n) is 5.70. The van der Waals surface area contributed by atoms with Crippen LogP contribution in [0.2, 0.25) is 0 Å². The molecule has 92 valence electrons. The molecule has 0 bridgehead atoms. The van der Waals surface area contributed by atoms with Gasteiger partial charge in [-0.05, 0) is 11.6 Å². The van der Waals surface area contributed by atoms with Crippen LogP contribution in [0.5, 0.6) is 5.75 Å². The van der Waals surface area contributed by atoms with Crippen molar-refractivity contribution < 1.29 is 14.6 Å². The van der Waals surface area contributed by atoms with Gasteiger partial charge >= 0.3 is 0 Å². The van der Waals surface area contributed by atoms with Gasteiger partial charge in [0, 0.05) is 5.56 Å². The maximum atomic E-state index is 10.9. The largest absolute Gasteiger partial charge is 0.488 e. The van der Waals surface area contributed by atoms with Gasteiger partial charge in [0.15, 0.2) is 6.29 Å². The molecule has 2 aromatic rings. The number of aldehydes is 1. The molecule has 0 fully saturated rings. The molecular weight excluding hydrogens is 228 g/mol. The molecule has 0 radical (unpaired) electrons. The number of ether oxygens (including phenoxy) is 1. The highest BCUT2D eigenvalue weighted by Gasteiger charge is 2.08. The zero-order chi connectivity index (χ0) is 12.8. The van der Waals surface area contributed by atoms with Crippen LogP contribution in [-0.2, 0) is 13.2 Å². The Morgan fingerprint density at radius 3 is 2.50 bits per heavy atom. The van der Waals surface area contributed by atoms with E-state index in [1.54, 1.807) is 18.2 Å². The molecule has 0 aliphatic carbocycles. The number of carbonyl (C=O) groups is 1. The summed E-state index contributed by atoms with van der Waals surface area (Å²) in [4.78, 5) is 10.9. The fourth-order valence-electron chi connectivity index (χ4n) is 1.73. The maximum Gasteiger partial charge on any atom is 0.153 e. The minimum absolute atomic E-state index is 0.147. The van der Waals surface area contributed by atoms with Crippen molar-refractivity contribution in [3.05, 3.63) is 65.2 Å². The van der Waals surface area contributed by atoms with Crippen molar-refractivity contribution in [2.75, 3.05) is 0 Å². The summed E-state index contributed by atoms with van der Waals surface area (Å²) in [5, 5.41) is 9.24. The quantitative estimate of drug-likeness (QED) is 0.820. The van der Waals surface area contributed by atoms with Gasteiger partial charge in [0.2, 0.25) is 0 Å². The van der Waals surface area contributed by atoms with Crippen LogP contribution >= 0.6 is 0 Å². The summed E-state index contributed by atoms with van der Waals surface area (Å²) >= 11 is 0. The number of benzene rings is 2. The fraction of sp³-hybridized carbons (Fsp3) is 0.133. The highest BCUT2D eigenvalue weighted by molar-refractivity contribution is 5.80. The second-order valence-corrected chi connectivity index (χ2v) is 3.89. The summed E-state index contributed by atoms with van der Waals surface area (Å²) in [5.74, 6) is 0.457. The van der Waals surface area contributed by atoms with Gasteiger partial charge in [-0.15, -0.1) is 0 Å². The molecule has 0 spiro atoms. The molecule has 0 heterocycles. The van der Waals surface area contributed by atoms with Crippen molar-refractivity contribution in [1.29, 1.82) is 0 Å². The summed E-state index contributed by atoms with van der Waals surface area (Å²) in [7, 11) is 0. The Bertz CT molecular complexity index is 521. The van der Waals surface area contributed by atoms with Crippen LogP contribution in [0, 0.1) is 0 Å². The summed E-state index contributed by atoms with van der Waals surface area (Å²) < 4.78 is 5.64. The lowest BCUT2D eigenvalue weighted by Crippen LogP contribution is -2.01. The third kappa shape index (κ3) is 2.76. The van der Waals surface area contributed by atoms with E-state index in [0.29, 0.717) is 23.5 Å². The molecule has 0 saturated carbocycles. The van der Waals surface area contributed by atoms with Crippen molar-refractivity contribution >= 4 is 6.29 Å². The number of aliphatic hydroxyl groups is 1. The van der Waals surface area contributed by atoms with E-state index in [0.717, 1.165) is 11.8 Å². The third-order valence-electron chi connectivity index (χ3n) is 2.65. The zero-order valence-electron chi connectivity index (χ0n) is 9.87. The van der Waals surface area contributed by atoms with Crippen molar-refractivity contribution in [2.45, 2.75) is 13.2 Å². The van der Waals surface area contributed by atoms with Gasteiger partial charge < -0.3 is 9.84 Å². The second kappa shape index (κ2) is 5.98. The molecule has 3 heteroatoms. The Kier molecular flexibility index (Phi) is 4.10. The van der Waals surface area contributed by atoms with Crippen LogP contribution < -0.4 is 4.74 Å². The van der Waals surface area contributed by atoms with Gasteiger partial charge in [-0.25, -0.2) is 0 Å². The predicted octanol–water partition coefficient (Wildman–Crippen LogP) is 2.57. The van der Waals surface area contributed by atoms with E-state index >= 15 is 0 Å². The molecule has 1 N–H and O–H groups in total.